The van der Waals surface area contributed by atoms with E-state index < -0.39 is 5.91 Å². The Morgan fingerprint density at radius 2 is 1.73 bits per heavy atom. The molecule has 9 heteroatoms. The highest BCUT2D eigenvalue weighted by Gasteiger charge is 2.15. The van der Waals surface area contributed by atoms with Crippen LogP contribution in [-0.2, 0) is 0 Å². The smallest absolute Gasteiger partial charge is 0.258 e. The van der Waals surface area contributed by atoms with E-state index in [1.54, 1.807) is 49.5 Å². The second kappa shape index (κ2) is 7.86. The van der Waals surface area contributed by atoms with Gasteiger partial charge in [-0.1, -0.05) is 40.9 Å². The Kier molecular flexibility index (Phi) is 5.56. The van der Waals surface area contributed by atoms with Gasteiger partial charge in [0.15, 0.2) is 0 Å². The Bertz CT molecular complexity index is 940. The number of nitrogens with one attached hydrogen (secondary N) is 2. The standard InChI is InChI=1S/C17H12Cl3N5O/c1-9-22-13(20)8-15(23-9)25-14-7-10(5-6-21-14)24-17(26)16-11(18)3-2-4-12(16)19/h2-8H,1H3,(H2,21,22,23,24,25,26). The molecule has 0 aliphatic heterocycles. The van der Waals surface area contributed by atoms with Gasteiger partial charge in [-0.2, -0.15) is 0 Å². The van der Waals surface area contributed by atoms with Crippen molar-refractivity contribution in [3.05, 3.63) is 69.2 Å². The fourth-order valence-electron chi connectivity index (χ4n) is 2.21. The number of amides is 1. The molecule has 0 saturated heterocycles. The molecular weight excluding hydrogens is 397 g/mol. The Labute approximate surface area is 164 Å². The molecule has 2 N–H and O–H groups in total. The molecule has 0 radical (unpaired) electrons. The molecule has 0 bridgehead atoms. The number of anilines is 3. The number of nitrogens with zero attached hydrogens (tertiary/aromatic N) is 3. The molecule has 0 fully saturated rings. The normalized spacial score (nSPS) is 10.5. The van der Waals surface area contributed by atoms with Crippen molar-refractivity contribution >= 4 is 58.0 Å². The molecule has 0 saturated carbocycles. The van der Waals surface area contributed by atoms with E-state index in [1.807, 2.05) is 0 Å². The predicted octanol–water partition coefficient (Wildman–Crippen LogP) is 5.14. The molecule has 1 amide bonds. The predicted molar refractivity (Wildman–Crippen MR) is 104 cm³/mol. The zero-order valence-corrected chi connectivity index (χ0v) is 15.7. The van der Waals surface area contributed by atoms with Crippen LogP contribution in [-0.4, -0.2) is 20.9 Å². The van der Waals surface area contributed by atoms with Crippen molar-refractivity contribution in [3.63, 3.8) is 0 Å². The summed E-state index contributed by atoms with van der Waals surface area (Å²) < 4.78 is 0. The zero-order chi connectivity index (χ0) is 18.7. The molecule has 2 heterocycles. The number of aryl methyl sites for hydroxylation is 1. The Morgan fingerprint density at radius 3 is 2.42 bits per heavy atom. The van der Waals surface area contributed by atoms with Gasteiger partial charge in [0, 0.05) is 24.0 Å². The first-order chi connectivity index (χ1) is 12.4. The number of aromatic nitrogens is 3. The first-order valence-electron chi connectivity index (χ1n) is 7.42. The topological polar surface area (TPSA) is 79.8 Å². The van der Waals surface area contributed by atoms with Gasteiger partial charge < -0.3 is 10.6 Å². The lowest BCUT2D eigenvalue weighted by Gasteiger charge is -2.10. The molecule has 0 aliphatic carbocycles. The minimum absolute atomic E-state index is 0.209. The second-order valence-corrected chi connectivity index (χ2v) is 6.43. The van der Waals surface area contributed by atoms with E-state index in [9.17, 15) is 4.79 Å². The molecule has 26 heavy (non-hydrogen) atoms. The summed E-state index contributed by atoms with van der Waals surface area (Å²) in [5.41, 5.74) is 0.723. The number of carbonyl (C=O) groups excluding carboxylic acids is 1. The number of halogens is 3. The van der Waals surface area contributed by atoms with Crippen LogP contribution < -0.4 is 10.6 Å². The number of pyridine rings is 1. The average molecular weight is 409 g/mol. The van der Waals surface area contributed by atoms with Gasteiger partial charge >= 0.3 is 0 Å². The van der Waals surface area contributed by atoms with E-state index in [1.165, 1.54) is 0 Å². The number of benzene rings is 1. The highest BCUT2D eigenvalue weighted by molar-refractivity contribution is 6.40. The Hall–Kier alpha value is -2.41. The maximum Gasteiger partial charge on any atom is 0.258 e. The first-order valence-corrected chi connectivity index (χ1v) is 8.55. The van der Waals surface area contributed by atoms with Gasteiger partial charge in [-0.25, -0.2) is 15.0 Å². The molecular formula is C17H12Cl3N5O. The van der Waals surface area contributed by atoms with Gasteiger partial charge in [0.25, 0.3) is 5.91 Å². The summed E-state index contributed by atoms with van der Waals surface area (Å²) in [7, 11) is 0. The molecule has 2 aromatic heterocycles. The molecule has 3 aromatic rings. The van der Waals surface area contributed by atoms with Gasteiger partial charge in [0.2, 0.25) is 0 Å². The number of hydrogen-bond acceptors (Lipinski definition) is 5. The minimum Gasteiger partial charge on any atom is -0.325 e. The quantitative estimate of drug-likeness (QED) is 0.585. The highest BCUT2D eigenvalue weighted by Crippen LogP contribution is 2.26. The molecule has 3 rings (SSSR count). The minimum atomic E-state index is -0.418. The van der Waals surface area contributed by atoms with Gasteiger partial charge in [0.05, 0.1) is 15.6 Å². The van der Waals surface area contributed by atoms with Crippen LogP contribution in [0.5, 0.6) is 0 Å². The lowest BCUT2D eigenvalue weighted by atomic mass is 10.2. The first kappa shape index (κ1) is 18.4. The fourth-order valence-corrected chi connectivity index (χ4v) is 3.01. The number of carbonyl (C=O) groups is 1. The lowest BCUT2D eigenvalue weighted by Crippen LogP contribution is -2.13. The van der Waals surface area contributed by atoms with Crippen molar-refractivity contribution < 1.29 is 4.79 Å². The van der Waals surface area contributed by atoms with Crippen LogP contribution in [0.2, 0.25) is 15.2 Å². The van der Waals surface area contributed by atoms with Gasteiger partial charge in [-0.05, 0) is 25.1 Å². The van der Waals surface area contributed by atoms with E-state index in [2.05, 4.69) is 25.6 Å². The third-order valence-electron chi connectivity index (χ3n) is 3.27. The van der Waals surface area contributed by atoms with Crippen molar-refractivity contribution in [2.24, 2.45) is 0 Å². The SMILES string of the molecule is Cc1nc(Cl)cc(Nc2cc(NC(=O)c3c(Cl)cccc3Cl)ccn2)n1. The second-order valence-electron chi connectivity index (χ2n) is 5.23. The lowest BCUT2D eigenvalue weighted by molar-refractivity contribution is 0.102. The summed E-state index contributed by atoms with van der Waals surface area (Å²) >= 11 is 18.0. The molecule has 6 nitrogen and oxygen atoms in total. The number of hydrogen-bond donors (Lipinski definition) is 2. The van der Waals surface area contributed by atoms with Gasteiger partial charge in [0.1, 0.15) is 22.6 Å². The largest absolute Gasteiger partial charge is 0.325 e. The van der Waals surface area contributed by atoms with Crippen LogP contribution in [0.1, 0.15) is 16.2 Å². The number of rotatable bonds is 4. The van der Waals surface area contributed by atoms with E-state index in [-0.39, 0.29) is 15.6 Å². The summed E-state index contributed by atoms with van der Waals surface area (Å²) in [6.07, 6.45) is 1.54. The van der Waals surface area contributed by atoms with Crippen LogP contribution in [0, 0.1) is 6.92 Å². The van der Waals surface area contributed by atoms with E-state index in [0.29, 0.717) is 28.3 Å². The van der Waals surface area contributed by atoms with Crippen LogP contribution in [0.3, 0.4) is 0 Å². The van der Waals surface area contributed by atoms with Crippen molar-refractivity contribution in [2.75, 3.05) is 10.6 Å². The zero-order valence-electron chi connectivity index (χ0n) is 13.4. The Morgan fingerprint density at radius 1 is 1.00 bits per heavy atom. The van der Waals surface area contributed by atoms with E-state index in [4.69, 9.17) is 34.8 Å². The fraction of sp³-hybridized carbons (Fsp3) is 0.0588. The molecule has 132 valence electrons. The summed E-state index contributed by atoms with van der Waals surface area (Å²) in [4.78, 5) is 24.9. The van der Waals surface area contributed by atoms with Gasteiger partial charge in [-0.3, -0.25) is 4.79 Å². The molecule has 0 unspecified atom stereocenters. The maximum absolute atomic E-state index is 12.5. The van der Waals surface area contributed by atoms with Crippen molar-refractivity contribution in [1.29, 1.82) is 0 Å². The highest BCUT2D eigenvalue weighted by atomic mass is 35.5. The van der Waals surface area contributed by atoms with Crippen molar-refractivity contribution in [3.8, 4) is 0 Å². The van der Waals surface area contributed by atoms with Crippen LogP contribution >= 0.6 is 34.8 Å². The summed E-state index contributed by atoms with van der Waals surface area (Å²) in [5.74, 6) is 1.08. The summed E-state index contributed by atoms with van der Waals surface area (Å²) in [6, 6.07) is 9.74. The van der Waals surface area contributed by atoms with E-state index in [0.717, 1.165) is 0 Å². The van der Waals surface area contributed by atoms with Crippen LogP contribution in [0.25, 0.3) is 0 Å². The van der Waals surface area contributed by atoms with Gasteiger partial charge in [-0.15, -0.1) is 0 Å². The molecule has 1 aromatic carbocycles. The van der Waals surface area contributed by atoms with Crippen molar-refractivity contribution in [1.82, 2.24) is 15.0 Å². The molecule has 0 atom stereocenters. The van der Waals surface area contributed by atoms with E-state index >= 15 is 0 Å². The summed E-state index contributed by atoms with van der Waals surface area (Å²) in [6.45, 7) is 1.73. The third-order valence-corrected chi connectivity index (χ3v) is 4.09. The Balaban J connectivity index is 1.80. The van der Waals surface area contributed by atoms with Crippen molar-refractivity contribution in [2.45, 2.75) is 6.92 Å². The van der Waals surface area contributed by atoms with Crippen LogP contribution in [0.4, 0.5) is 17.3 Å². The molecule has 0 aliphatic rings. The third kappa shape index (κ3) is 4.40. The summed E-state index contributed by atoms with van der Waals surface area (Å²) in [5, 5.41) is 6.61. The maximum atomic E-state index is 12.5. The molecule has 0 spiro atoms. The van der Waals surface area contributed by atoms with Crippen LogP contribution in [0.15, 0.2) is 42.6 Å². The monoisotopic (exact) mass is 407 g/mol. The average Bonchev–Trinajstić information content (AvgIpc) is 2.54.